The fourth-order valence-electron chi connectivity index (χ4n) is 5.58. The van der Waals surface area contributed by atoms with E-state index in [0.29, 0.717) is 0 Å². The van der Waals surface area contributed by atoms with Gasteiger partial charge in [0.15, 0.2) is 0 Å². The molecule has 3 saturated heterocycles. The fraction of sp³-hybridized carbons (Fsp3) is 0.583. The lowest BCUT2D eigenvalue weighted by atomic mass is 9.76. The van der Waals surface area contributed by atoms with Gasteiger partial charge in [0.2, 0.25) is 11.9 Å². The molecule has 172 valence electrons. The minimum atomic E-state index is -0.201. The quantitative estimate of drug-likeness (QED) is 0.773. The highest BCUT2D eigenvalue weighted by Crippen LogP contribution is 2.41. The third-order valence-corrected chi connectivity index (χ3v) is 7.61. The lowest BCUT2D eigenvalue weighted by Crippen LogP contribution is -2.47. The van der Waals surface area contributed by atoms with Crippen molar-refractivity contribution in [2.45, 2.75) is 31.7 Å². The molecule has 1 spiro atoms. The number of benzene rings is 1. The molecule has 3 fully saturated rings. The molecular formula is C24H33FN6O. The van der Waals surface area contributed by atoms with Crippen molar-refractivity contribution in [2.24, 2.45) is 12.5 Å². The van der Waals surface area contributed by atoms with Gasteiger partial charge >= 0.3 is 0 Å². The van der Waals surface area contributed by atoms with Gasteiger partial charge in [0.25, 0.3) is 0 Å². The molecule has 7 nitrogen and oxygen atoms in total. The minimum Gasteiger partial charge on any atom is -0.369 e. The number of nitrogens with one attached hydrogen (secondary N) is 1. The molecule has 1 aromatic heterocycles. The maximum atomic E-state index is 13.2. The molecule has 2 aromatic rings. The van der Waals surface area contributed by atoms with E-state index in [9.17, 15) is 9.18 Å². The molecule has 5 rings (SSSR count). The average molecular weight is 441 g/mol. The van der Waals surface area contributed by atoms with Crippen LogP contribution in [0.4, 0.5) is 16.0 Å². The van der Waals surface area contributed by atoms with Crippen LogP contribution in [0, 0.1) is 11.2 Å². The Morgan fingerprint density at radius 3 is 2.44 bits per heavy atom. The van der Waals surface area contributed by atoms with Crippen molar-refractivity contribution in [3.05, 3.63) is 42.5 Å². The topological polar surface area (TPSA) is 56.6 Å². The van der Waals surface area contributed by atoms with Gasteiger partial charge in [-0.2, -0.15) is 0 Å². The lowest BCUT2D eigenvalue weighted by molar-refractivity contribution is -0.128. The standard InChI is InChI=1S/C24H33FN6O/c1-28-13-9-26-23(28)31-11-7-24(8-12-31)18-20(27-22(24)32)6-10-29-14-16-30(17-15-29)21-4-2-19(25)3-5-21/h2-5,9,13,20H,6-8,10-12,14-18H2,1H3,(H,27,32)/t20-/m0/s1. The number of carbonyl (C=O) groups excluding carboxylic acids is 1. The molecule has 0 saturated carbocycles. The molecule has 8 heteroatoms. The van der Waals surface area contributed by atoms with Crippen molar-refractivity contribution in [1.29, 1.82) is 0 Å². The second kappa shape index (κ2) is 8.73. The summed E-state index contributed by atoms with van der Waals surface area (Å²) in [6, 6.07) is 7.05. The largest absolute Gasteiger partial charge is 0.369 e. The van der Waals surface area contributed by atoms with Crippen LogP contribution in [0.2, 0.25) is 0 Å². The summed E-state index contributed by atoms with van der Waals surface area (Å²) in [7, 11) is 2.02. The Morgan fingerprint density at radius 2 is 1.78 bits per heavy atom. The first kappa shape index (κ1) is 21.2. The molecule has 1 amide bonds. The highest BCUT2D eigenvalue weighted by Gasteiger charge is 2.48. The number of aromatic nitrogens is 2. The molecular weight excluding hydrogens is 407 g/mol. The van der Waals surface area contributed by atoms with Crippen LogP contribution in [0.5, 0.6) is 0 Å². The molecule has 0 radical (unpaired) electrons. The van der Waals surface area contributed by atoms with Gasteiger partial charge in [-0.1, -0.05) is 0 Å². The van der Waals surface area contributed by atoms with E-state index in [2.05, 4.69) is 25.0 Å². The zero-order chi connectivity index (χ0) is 22.1. The first-order valence-electron chi connectivity index (χ1n) is 11.8. The van der Waals surface area contributed by atoms with Crippen LogP contribution in [-0.4, -0.2) is 72.2 Å². The monoisotopic (exact) mass is 440 g/mol. The number of halogens is 1. The number of hydrogen-bond acceptors (Lipinski definition) is 5. The zero-order valence-electron chi connectivity index (χ0n) is 18.8. The number of amides is 1. The smallest absolute Gasteiger partial charge is 0.226 e. The number of imidazole rings is 1. The number of nitrogens with zero attached hydrogens (tertiary/aromatic N) is 5. The van der Waals surface area contributed by atoms with Crippen LogP contribution < -0.4 is 15.1 Å². The lowest BCUT2D eigenvalue weighted by Gasteiger charge is -2.38. The number of rotatable bonds is 5. The van der Waals surface area contributed by atoms with E-state index >= 15 is 0 Å². The highest BCUT2D eigenvalue weighted by atomic mass is 19.1. The number of piperidine rings is 1. The van der Waals surface area contributed by atoms with Gasteiger partial charge < -0.3 is 19.7 Å². The van der Waals surface area contributed by atoms with Crippen LogP contribution in [0.3, 0.4) is 0 Å². The molecule has 1 aromatic carbocycles. The van der Waals surface area contributed by atoms with Crippen molar-refractivity contribution in [2.75, 3.05) is 55.6 Å². The molecule has 3 aliphatic heterocycles. The summed E-state index contributed by atoms with van der Waals surface area (Å²) < 4.78 is 15.2. The summed E-state index contributed by atoms with van der Waals surface area (Å²) in [5.41, 5.74) is 0.890. The van der Waals surface area contributed by atoms with Crippen molar-refractivity contribution in [1.82, 2.24) is 19.8 Å². The maximum Gasteiger partial charge on any atom is 0.226 e. The summed E-state index contributed by atoms with van der Waals surface area (Å²) in [5.74, 6) is 1.06. The zero-order valence-corrected chi connectivity index (χ0v) is 18.8. The molecule has 1 N–H and O–H groups in total. The van der Waals surface area contributed by atoms with Gasteiger partial charge in [0.1, 0.15) is 5.82 Å². The van der Waals surface area contributed by atoms with Crippen LogP contribution in [0.25, 0.3) is 0 Å². The second-order valence-corrected chi connectivity index (χ2v) is 9.57. The SMILES string of the molecule is Cn1ccnc1N1CCC2(CC1)C[C@H](CCN1CCN(c3ccc(F)cc3)CC1)NC2=O. The Balaban J connectivity index is 1.08. The summed E-state index contributed by atoms with van der Waals surface area (Å²) in [6.45, 7) is 6.69. The molecule has 1 atom stereocenters. The summed E-state index contributed by atoms with van der Waals surface area (Å²) in [6.07, 6.45) is 7.56. The van der Waals surface area contributed by atoms with E-state index in [0.717, 1.165) is 83.1 Å². The average Bonchev–Trinajstić information content (AvgIpc) is 3.37. The van der Waals surface area contributed by atoms with Crippen molar-refractivity contribution in [3.8, 4) is 0 Å². The molecule has 32 heavy (non-hydrogen) atoms. The van der Waals surface area contributed by atoms with E-state index in [4.69, 9.17) is 0 Å². The van der Waals surface area contributed by atoms with E-state index in [1.165, 1.54) is 12.1 Å². The van der Waals surface area contributed by atoms with Crippen LogP contribution in [0.15, 0.2) is 36.7 Å². The van der Waals surface area contributed by atoms with Crippen LogP contribution in [0.1, 0.15) is 25.7 Å². The van der Waals surface area contributed by atoms with E-state index in [1.54, 1.807) is 0 Å². The van der Waals surface area contributed by atoms with Crippen LogP contribution in [-0.2, 0) is 11.8 Å². The normalized spacial score (nSPS) is 23.7. The fourth-order valence-corrected chi connectivity index (χ4v) is 5.58. The molecule has 0 unspecified atom stereocenters. The Kier molecular flexibility index (Phi) is 5.80. The predicted octanol–water partition coefficient (Wildman–Crippen LogP) is 2.25. The van der Waals surface area contributed by atoms with E-state index in [1.807, 2.05) is 36.1 Å². The highest BCUT2D eigenvalue weighted by molar-refractivity contribution is 5.85. The van der Waals surface area contributed by atoms with Gasteiger partial charge in [-0.3, -0.25) is 9.69 Å². The third kappa shape index (κ3) is 4.20. The maximum absolute atomic E-state index is 13.2. The third-order valence-electron chi connectivity index (χ3n) is 7.61. The molecule has 0 aliphatic carbocycles. The number of anilines is 2. The number of aryl methyl sites for hydroxylation is 1. The molecule has 4 heterocycles. The van der Waals surface area contributed by atoms with Gasteiger partial charge in [-0.05, 0) is 49.9 Å². The second-order valence-electron chi connectivity index (χ2n) is 9.57. The van der Waals surface area contributed by atoms with Crippen LogP contribution >= 0.6 is 0 Å². The van der Waals surface area contributed by atoms with Gasteiger partial charge in [0.05, 0.1) is 5.41 Å². The van der Waals surface area contributed by atoms with E-state index < -0.39 is 0 Å². The Hall–Kier alpha value is -2.61. The van der Waals surface area contributed by atoms with Crippen molar-refractivity contribution >= 4 is 17.5 Å². The van der Waals surface area contributed by atoms with Gasteiger partial charge in [0, 0.05) is 77.0 Å². The Morgan fingerprint density at radius 1 is 1.06 bits per heavy atom. The Bertz CT molecular complexity index is 928. The predicted molar refractivity (Wildman–Crippen MR) is 123 cm³/mol. The van der Waals surface area contributed by atoms with Gasteiger partial charge in [-0.15, -0.1) is 0 Å². The van der Waals surface area contributed by atoms with Crippen molar-refractivity contribution < 1.29 is 9.18 Å². The first-order valence-corrected chi connectivity index (χ1v) is 11.8. The first-order chi connectivity index (χ1) is 15.5. The van der Waals surface area contributed by atoms with Gasteiger partial charge in [-0.25, -0.2) is 9.37 Å². The summed E-state index contributed by atoms with van der Waals surface area (Å²) in [4.78, 5) is 24.5. The minimum absolute atomic E-state index is 0.189. The number of hydrogen-bond donors (Lipinski definition) is 1. The molecule has 3 aliphatic rings. The summed E-state index contributed by atoms with van der Waals surface area (Å²) in [5, 5.41) is 3.30. The number of piperazine rings is 1. The Labute approximate surface area is 189 Å². The van der Waals surface area contributed by atoms with E-state index in [-0.39, 0.29) is 23.2 Å². The van der Waals surface area contributed by atoms with Crippen molar-refractivity contribution in [3.63, 3.8) is 0 Å². The molecule has 0 bridgehead atoms. The summed E-state index contributed by atoms with van der Waals surface area (Å²) >= 11 is 0. The number of carbonyl (C=O) groups is 1.